The van der Waals surface area contributed by atoms with Crippen LogP contribution in [0.15, 0.2) is 47.1 Å². The first kappa shape index (κ1) is 39.5. The van der Waals surface area contributed by atoms with E-state index in [1.807, 2.05) is 32.1 Å². The lowest BCUT2D eigenvalue weighted by Gasteiger charge is -2.40. The smallest absolute Gasteiger partial charge is 0.335 e. The summed E-state index contributed by atoms with van der Waals surface area (Å²) in [5.74, 6) is -9.20. The standard InChI is InChI=1S/C37H50O12/c1-7-9-11-12-13-14-16-24-20-27-32(40)30(25(24)21-28(38)37(17-15-10-8-2)48-18-19-49-37)31(34(42)46-5)26(33(41)45-4)22-36(27,35(43)47-6)23-29(39)44-3/h7-10,20,24-25,30H,11-19,21-23H2,1-6H3/b9-7+,10-8+/t24-,25+,30+,36-/m0/s1. The number of ether oxygens (including phenoxy) is 6. The minimum absolute atomic E-state index is 0.0752. The Morgan fingerprint density at radius 3 is 2.10 bits per heavy atom. The van der Waals surface area contributed by atoms with Crippen LogP contribution in [0.4, 0.5) is 0 Å². The predicted molar refractivity (Wildman–Crippen MR) is 177 cm³/mol. The Morgan fingerprint density at radius 2 is 1.51 bits per heavy atom. The van der Waals surface area contributed by atoms with Crippen molar-refractivity contribution in [2.24, 2.45) is 23.2 Å². The molecule has 1 saturated heterocycles. The normalized spacial score (nSPS) is 24.8. The van der Waals surface area contributed by atoms with Gasteiger partial charge in [0, 0.05) is 30.4 Å². The van der Waals surface area contributed by atoms with Gasteiger partial charge in [0.15, 0.2) is 11.6 Å². The molecule has 3 aliphatic rings. The number of carbonyl (C=O) groups is 6. The van der Waals surface area contributed by atoms with Crippen molar-refractivity contribution in [1.82, 2.24) is 0 Å². The molecule has 49 heavy (non-hydrogen) atoms. The van der Waals surface area contributed by atoms with Crippen LogP contribution in [0.25, 0.3) is 0 Å². The van der Waals surface area contributed by atoms with Gasteiger partial charge in [-0.25, -0.2) is 9.59 Å². The average Bonchev–Trinajstić information content (AvgIpc) is 3.57. The molecule has 0 N–H and O–H groups in total. The van der Waals surface area contributed by atoms with E-state index < -0.39 is 77.2 Å². The van der Waals surface area contributed by atoms with Gasteiger partial charge < -0.3 is 28.4 Å². The van der Waals surface area contributed by atoms with Gasteiger partial charge in [0.05, 0.1) is 59.6 Å². The summed E-state index contributed by atoms with van der Waals surface area (Å²) in [5.41, 5.74) is -2.73. The van der Waals surface area contributed by atoms with Gasteiger partial charge in [-0.1, -0.05) is 43.2 Å². The topological polar surface area (TPSA) is 158 Å². The molecule has 2 bridgehead atoms. The van der Waals surface area contributed by atoms with Crippen LogP contribution in [0.1, 0.15) is 78.1 Å². The van der Waals surface area contributed by atoms with Crippen molar-refractivity contribution in [3.63, 3.8) is 0 Å². The van der Waals surface area contributed by atoms with Crippen molar-refractivity contribution < 1.29 is 57.2 Å². The van der Waals surface area contributed by atoms with Crippen molar-refractivity contribution in [3.05, 3.63) is 47.1 Å². The third kappa shape index (κ3) is 8.64. The zero-order chi connectivity index (χ0) is 36.2. The Kier molecular flexibility index (Phi) is 14.7. The Labute approximate surface area is 288 Å². The van der Waals surface area contributed by atoms with Crippen molar-refractivity contribution in [1.29, 1.82) is 0 Å². The molecule has 0 aromatic heterocycles. The summed E-state index contributed by atoms with van der Waals surface area (Å²) in [4.78, 5) is 83.0. The summed E-state index contributed by atoms with van der Waals surface area (Å²) in [6.07, 6.45) is 12.5. The molecule has 0 unspecified atom stereocenters. The van der Waals surface area contributed by atoms with Gasteiger partial charge >= 0.3 is 23.9 Å². The fourth-order valence-corrected chi connectivity index (χ4v) is 7.30. The lowest BCUT2D eigenvalue weighted by Crippen LogP contribution is -2.47. The quantitative estimate of drug-likeness (QED) is 0.0901. The van der Waals surface area contributed by atoms with Gasteiger partial charge in [-0.15, -0.1) is 0 Å². The first-order valence-corrected chi connectivity index (χ1v) is 16.9. The van der Waals surface area contributed by atoms with Crippen molar-refractivity contribution in [2.75, 3.05) is 41.7 Å². The molecule has 1 aliphatic heterocycles. The molecule has 12 nitrogen and oxygen atoms in total. The highest BCUT2D eigenvalue weighted by molar-refractivity contribution is 6.15. The molecule has 270 valence electrons. The predicted octanol–water partition coefficient (Wildman–Crippen LogP) is 4.70. The highest BCUT2D eigenvalue weighted by Gasteiger charge is 2.59. The Bertz CT molecular complexity index is 1380. The number of methoxy groups -OCH3 is 4. The highest BCUT2D eigenvalue weighted by atomic mass is 16.7. The number of Topliss-reactive ketones (excluding diaryl/α,β-unsaturated/α-hetero) is 2. The summed E-state index contributed by atoms with van der Waals surface area (Å²) in [6, 6.07) is 0. The SMILES string of the molecule is C/C=C/CCCCC[C@H]1C=C2C(=O)[C@@H](C(C(=O)OC)=C(C(=O)OC)C[C@@]2(CC(=O)OC)C(=O)OC)[C@@H]1CC(=O)C1(CC/C=C/C)OCCO1. The molecule has 12 heteroatoms. The lowest BCUT2D eigenvalue weighted by molar-refractivity contribution is -0.184. The number of esters is 4. The molecular formula is C37H50O12. The third-order valence-electron chi connectivity index (χ3n) is 9.74. The summed E-state index contributed by atoms with van der Waals surface area (Å²) >= 11 is 0. The van der Waals surface area contributed by atoms with Crippen molar-refractivity contribution >= 4 is 35.4 Å². The van der Waals surface area contributed by atoms with Gasteiger partial charge in [-0.2, -0.15) is 0 Å². The summed E-state index contributed by atoms with van der Waals surface area (Å²) in [5, 5.41) is 0. The van der Waals surface area contributed by atoms with Crippen LogP contribution < -0.4 is 0 Å². The van der Waals surface area contributed by atoms with Crippen LogP contribution in [0.5, 0.6) is 0 Å². The van der Waals surface area contributed by atoms with Crippen molar-refractivity contribution in [2.45, 2.75) is 83.8 Å². The van der Waals surface area contributed by atoms with Gasteiger partial charge in [0.2, 0.25) is 5.79 Å². The molecule has 3 rings (SSSR count). The molecule has 2 aliphatic carbocycles. The molecule has 1 heterocycles. The van der Waals surface area contributed by atoms with E-state index in [1.165, 1.54) is 0 Å². The van der Waals surface area contributed by atoms with E-state index in [0.717, 1.165) is 47.7 Å². The minimum atomic E-state index is -2.03. The monoisotopic (exact) mass is 686 g/mol. The van der Waals surface area contributed by atoms with Crippen LogP contribution in [0, 0.1) is 23.2 Å². The number of carbonyl (C=O) groups excluding carboxylic acids is 6. The molecule has 1 fully saturated rings. The molecule has 0 saturated carbocycles. The first-order chi connectivity index (χ1) is 23.5. The van der Waals surface area contributed by atoms with Crippen LogP contribution in [-0.4, -0.2) is 82.9 Å². The maximum absolute atomic E-state index is 14.8. The first-order valence-electron chi connectivity index (χ1n) is 16.9. The number of allylic oxidation sites excluding steroid dienone is 5. The number of unbranched alkanes of at least 4 members (excludes halogenated alkanes) is 3. The molecule has 0 aromatic carbocycles. The van der Waals surface area contributed by atoms with E-state index >= 15 is 0 Å². The molecule has 4 atom stereocenters. The van der Waals surface area contributed by atoms with E-state index in [4.69, 9.17) is 28.4 Å². The van der Waals surface area contributed by atoms with Crippen LogP contribution in [0.3, 0.4) is 0 Å². The molecule has 0 radical (unpaired) electrons. The zero-order valence-electron chi connectivity index (χ0n) is 29.5. The molecular weight excluding hydrogens is 636 g/mol. The average molecular weight is 687 g/mol. The number of hydrogen-bond donors (Lipinski definition) is 0. The Balaban J connectivity index is 2.31. The maximum Gasteiger partial charge on any atom is 0.335 e. The van der Waals surface area contributed by atoms with Gasteiger partial charge in [0.1, 0.15) is 5.41 Å². The van der Waals surface area contributed by atoms with E-state index in [0.29, 0.717) is 19.3 Å². The second-order valence-corrected chi connectivity index (χ2v) is 12.5. The summed E-state index contributed by atoms with van der Waals surface area (Å²) in [6.45, 7) is 4.24. The van der Waals surface area contributed by atoms with Crippen LogP contribution >= 0.6 is 0 Å². The molecule has 0 amide bonds. The number of rotatable bonds is 17. The second kappa shape index (κ2) is 18.2. The van der Waals surface area contributed by atoms with Gasteiger partial charge in [0.25, 0.3) is 0 Å². The highest BCUT2D eigenvalue weighted by Crippen LogP contribution is 2.54. The summed E-state index contributed by atoms with van der Waals surface area (Å²) < 4.78 is 32.2. The summed E-state index contributed by atoms with van der Waals surface area (Å²) in [7, 11) is 4.46. The minimum Gasteiger partial charge on any atom is -0.469 e. The fraction of sp³-hybridized carbons (Fsp3) is 0.622. The fourth-order valence-electron chi connectivity index (χ4n) is 7.30. The van der Waals surface area contributed by atoms with E-state index in [1.54, 1.807) is 6.08 Å². The van der Waals surface area contributed by atoms with Crippen LogP contribution in [0.2, 0.25) is 0 Å². The van der Waals surface area contributed by atoms with Crippen LogP contribution in [-0.2, 0) is 57.2 Å². The van der Waals surface area contributed by atoms with Gasteiger partial charge in [-0.05, 0) is 51.4 Å². The van der Waals surface area contributed by atoms with E-state index in [-0.39, 0.29) is 42.8 Å². The number of ketones is 2. The lowest BCUT2D eigenvalue weighted by atomic mass is 9.62. The zero-order valence-corrected chi connectivity index (χ0v) is 29.5. The van der Waals surface area contributed by atoms with E-state index in [2.05, 4.69) is 6.08 Å². The Hall–Kier alpha value is -3.90. The third-order valence-corrected chi connectivity index (χ3v) is 9.74. The molecule has 0 spiro atoms. The number of fused-ring (bicyclic) bond motifs is 2. The maximum atomic E-state index is 14.8. The van der Waals surface area contributed by atoms with Gasteiger partial charge in [-0.3, -0.25) is 19.2 Å². The van der Waals surface area contributed by atoms with Crippen molar-refractivity contribution in [3.8, 4) is 0 Å². The Morgan fingerprint density at radius 1 is 0.857 bits per heavy atom. The van der Waals surface area contributed by atoms with E-state index in [9.17, 15) is 28.8 Å². The molecule has 0 aromatic rings. The largest absolute Gasteiger partial charge is 0.469 e. The number of hydrogen-bond acceptors (Lipinski definition) is 12. The second-order valence-electron chi connectivity index (χ2n) is 12.5.